The second-order valence-electron chi connectivity index (χ2n) is 4.10. The molecule has 1 amide bonds. The van der Waals surface area contributed by atoms with E-state index in [1.54, 1.807) is 0 Å². The molecule has 15 heavy (non-hydrogen) atoms. The number of rotatable bonds is 4. The van der Waals surface area contributed by atoms with Gasteiger partial charge in [-0.3, -0.25) is 9.89 Å². The van der Waals surface area contributed by atoms with Crippen molar-refractivity contribution < 1.29 is 4.79 Å². The highest BCUT2D eigenvalue weighted by atomic mass is 16.2. The zero-order chi connectivity index (χ0) is 10.8. The van der Waals surface area contributed by atoms with Gasteiger partial charge in [0, 0.05) is 12.0 Å². The van der Waals surface area contributed by atoms with Crippen molar-refractivity contribution in [2.24, 2.45) is 0 Å². The molecule has 1 aromatic heterocycles. The number of aromatic nitrogens is 3. The fourth-order valence-corrected chi connectivity index (χ4v) is 1.31. The van der Waals surface area contributed by atoms with Crippen LogP contribution in [-0.2, 0) is 0 Å². The number of hydrogen-bond donors (Lipinski definition) is 2. The van der Waals surface area contributed by atoms with Crippen LogP contribution in [0.1, 0.15) is 55.5 Å². The molecule has 2 rings (SSSR count). The first-order valence-electron chi connectivity index (χ1n) is 5.44. The Morgan fingerprint density at radius 1 is 1.67 bits per heavy atom. The molecule has 0 spiro atoms. The van der Waals surface area contributed by atoms with E-state index >= 15 is 0 Å². The minimum Gasteiger partial charge on any atom is -0.347 e. The van der Waals surface area contributed by atoms with Crippen molar-refractivity contribution in [3.63, 3.8) is 0 Å². The second kappa shape index (κ2) is 4.00. The predicted octanol–water partition coefficient (Wildman–Crippen LogP) is 1.21. The molecule has 0 saturated heterocycles. The average molecular weight is 208 g/mol. The van der Waals surface area contributed by atoms with E-state index in [0.29, 0.717) is 5.92 Å². The molecule has 1 fully saturated rings. The Kier molecular flexibility index (Phi) is 2.70. The van der Waals surface area contributed by atoms with Gasteiger partial charge in [-0.25, -0.2) is 4.98 Å². The molecule has 1 aromatic rings. The van der Waals surface area contributed by atoms with Crippen LogP contribution in [0, 0.1) is 0 Å². The van der Waals surface area contributed by atoms with Gasteiger partial charge < -0.3 is 5.32 Å². The summed E-state index contributed by atoms with van der Waals surface area (Å²) >= 11 is 0. The SMILES string of the molecule is CCC(C)NC(=O)c1n[nH]c(C2CC2)n1. The number of carbonyl (C=O) groups is 1. The molecule has 1 heterocycles. The maximum atomic E-state index is 11.6. The molecular formula is C10H16N4O. The molecule has 1 aliphatic carbocycles. The second-order valence-corrected chi connectivity index (χ2v) is 4.10. The Morgan fingerprint density at radius 3 is 3.00 bits per heavy atom. The lowest BCUT2D eigenvalue weighted by molar-refractivity contribution is 0.0929. The van der Waals surface area contributed by atoms with Gasteiger partial charge in [-0.2, -0.15) is 0 Å². The van der Waals surface area contributed by atoms with Gasteiger partial charge in [0.05, 0.1) is 0 Å². The maximum absolute atomic E-state index is 11.6. The first kappa shape index (κ1) is 10.1. The largest absolute Gasteiger partial charge is 0.347 e. The lowest BCUT2D eigenvalue weighted by Crippen LogP contribution is -2.32. The van der Waals surface area contributed by atoms with Gasteiger partial charge in [0.25, 0.3) is 5.91 Å². The maximum Gasteiger partial charge on any atom is 0.291 e. The molecule has 1 aliphatic rings. The van der Waals surface area contributed by atoms with E-state index in [0.717, 1.165) is 25.1 Å². The van der Waals surface area contributed by atoms with Crippen LogP contribution < -0.4 is 5.32 Å². The van der Waals surface area contributed by atoms with Crippen molar-refractivity contribution in [3.05, 3.63) is 11.6 Å². The molecule has 0 aromatic carbocycles. The summed E-state index contributed by atoms with van der Waals surface area (Å²) in [6, 6.07) is 0.167. The summed E-state index contributed by atoms with van der Waals surface area (Å²) in [5, 5.41) is 9.57. The number of amides is 1. The van der Waals surface area contributed by atoms with Crippen molar-refractivity contribution in [1.82, 2.24) is 20.5 Å². The van der Waals surface area contributed by atoms with Crippen LogP contribution in [0.5, 0.6) is 0 Å². The Bertz CT molecular complexity index is 356. The van der Waals surface area contributed by atoms with Crippen molar-refractivity contribution in [2.45, 2.75) is 45.1 Å². The molecule has 5 nitrogen and oxygen atoms in total. The minimum absolute atomic E-state index is 0.167. The number of nitrogens with zero attached hydrogens (tertiary/aromatic N) is 2. The van der Waals surface area contributed by atoms with Crippen LogP contribution in [0.2, 0.25) is 0 Å². The molecule has 1 atom stereocenters. The van der Waals surface area contributed by atoms with Gasteiger partial charge in [-0.1, -0.05) is 6.92 Å². The van der Waals surface area contributed by atoms with E-state index in [-0.39, 0.29) is 17.8 Å². The zero-order valence-corrected chi connectivity index (χ0v) is 9.08. The number of H-pyrrole nitrogens is 1. The number of nitrogens with one attached hydrogen (secondary N) is 2. The summed E-state index contributed by atoms with van der Waals surface area (Å²) in [6.07, 6.45) is 3.22. The van der Waals surface area contributed by atoms with E-state index < -0.39 is 0 Å². The fourth-order valence-electron chi connectivity index (χ4n) is 1.31. The Morgan fingerprint density at radius 2 is 2.40 bits per heavy atom. The molecular weight excluding hydrogens is 192 g/mol. The number of carbonyl (C=O) groups excluding carboxylic acids is 1. The van der Waals surface area contributed by atoms with Crippen LogP contribution in [0.3, 0.4) is 0 Å². The summed E-state index contributed by atoms with van der Waals surface area (Å²) in [6.45, 7) is 3.99. The normalized spacial score (nSPS) is 17.5. The van der Waals surface area contributed by atoms with E-state index in [1.165, 1.54) is 0 Å². The highest BCUT2D eigenvalue weighted by molar-refractivity contribution is 5.90. The third kappa shape index (κ3) is 2.34. The van der Waals surface area contributed by atoms with Gasteiger partial charge in [0.2, 0.25) is 5.82 Å². The van der Waals surface area contributed by atoms with Crippen molar-refractivity contribution in [2.75, 3.05) is 0 Å². The number of aromatic amines is 1. The Hall–Kier alpha value is -1.39. The molecule has 0 bridgehead atoms. The lowest BCUT2D eigenvalue weighted by atomic mass is 10.2. The van der Waals surface area contributed by atoms with Crippen molar-refractivity contribution in [3.8, 4) is 0 Å². The lowest BCUT2D eigenvalue weighted by Gasteiger charge is -2.08. The van der Waals surface area contributed by atoms with Crippen molar-refractivity contribution in [1.29, 1.82) is 0 Å². The van der Waals surface area contributed by atoms with Gasteiger partial charge in [0.15, 0.2) is 0 Å². The summed E-state index contributed by atoms with van der Waals surface area (Å²) < 4.78 is 0. The summed E-state index contributed by atoms with van der Waals surface area (Å²) in [7, 11) is 0. The molecule has 1 unspecified atom stereocenters. The van der Waals surface area contributed by atoms with Gasteiger partial charge in [-0.05, 0) is 26.2 Å². The third-order valence-corrected chi connectivity index (χ3v) is 2.66. The Balaban J connectivity index is 1.98. The predicted molar refractivity (Wildman–Crippen MR) is 55.6 cm³/mol. The molecule has 82 valence electrons. The Labute approximate surface area is 88.7 Å². The first-order valence-corrected chi connectivity index (χ1v) is 5.44. The highest BCUT2D eigenvalue weighted by Crippen LogP contribution is 2.37. The van der Waals surface area contributed by atoms with Gasteiger partial charge in [0.1, 0.15) is 5.82 Å². The zero-order valence-electron chi connectivity index (χ0n) is 9.08. The minimum atomic E-state index is -0.187. The highest BCUT2D eigenvalue weighted by Gasteiger charge is 2.28. The summed E-state index contributed by atoms with van der Waals surface area (Å²) in [5.41, 5.74) is 0. The monoisotopic (exact) mass is 208 g/mol. The molecule has 1 saturated carbocycles. The topological polar surface area (TPSA) is 70.7 Å². The molecule has 2 N–H and O–H groups in total. The van der Waals surface area contributed by atoms with E-state index in [1.807, 2.05) is 13.8 Å². The van der Waals surface area contributed by atoms with Crippen molar-refractivity contribution >= 4 is 5.91 Å². The average Bonchev–Trinajstić information content (AvgIpc) is 2.96. The summed E-state index contributed by atoms with van der Waals surface area (Å²) in [4.78, 5) is 15.8. The van der Waals surface area contributed by atoms with E-state index in [2.05, 4.69) is 20.5 Å². The first-order chi connectivity index (χ1) is 7.20. The van der Waals surface area contributed by atoms with Crippen LogP contribution in [-0.4, -0.2) is 27.1 Å². The van der Waals surface area contributed by atoms with Crippen LogP contribution in [0.4, 0.5) is 0 Å². The van der Waals surface area contributed by atoms with E-state index in [9.17, 15) is 4.79 Å². The fraction of sp³-hybridized carbons (Fsp3) is 0.700. The van der Waals surface area contributed by atoms with E-state index in [4.69, 9.17) is 0 Å². The van der Waals surface area contributed by atoms with Gasteiger partial charge in [-0.15, -0.1) is 5.10 Å². The van der Waals surface area contributed by atoms with Crippen LogP contribution in [0.15, 0.2) is 0 Å². The standard InChI is InChI=1S/C10H16N4O/c1-3-6(2)11-10(15)9-12-8(13-14-9)7-4-5-7/h6-7H,3-5H2,1-2H3,(H,11,15)(H,12,13,14). The van der Waals surface area contributed by atoms with Crippen LogP contribution in [0.25, 0.3) is 0 Å². The number of hydrogen-bond acceptors (Lipinski definition) is 3. The molecule has 0 radical (unpaired) electrons. The van der Waals surface area contributed by atoms with Gasteiger partial charge >= 0.3 is 0 Å². The third-order valence-electron chi connectivity index (χ3n) is 2.66. The quantitative estimate of drug-likeness (QED) is 0.781. The summed E-state index contributed by atoms with van der Waals surface area (Å²) in [5.74, 6) is 1.43. The smallest absolute Gasteiger partial charge is 0.291 e. The molecule has 0 aliphatic heterocycles. The van der Waals surface area contributed by atoms with Crippen LogP contribution >= 0.6 is 0 Å². The molecule has 5 heteroatoms.